The molecule has 2 rings (SSSR count). The van der Waals surface area contributed by atoms with Crippen LogP contribution in [0.3, 0.4) is 0 Å². The van der Waals surface area contributed by atoms with Crippen LogP contribution in [0.15, 0.2) is 46.9 Å². The Morgan fingerprint density at radius 2 is 1.74 bits per heavy atom. The molecule has 0 bridgehead atoms. The van der Waals surface area contributed by atoms with E-state index in [2.05, 4.69) is 21.2 Å². The van der Waals surface area contributed by atoms with Gasteiger partial charge in [-0.3, -0.25) is 9.59 Å². The van der Waals surface area contributed by atoms with Gasteiger partial charge >= 0.3 is 5.97 Å². The van der Waals surface area contributed by atoms with Crippen molar-refractivity contribution in [2.24, 2.45) is 0 Å². The maximum Gasteiger partial charge on any atom is 0.341 e. The van der Waals surface area contributed by atoms with E-state index in [1.807, 2.05) is 0 Å². The Kier molecular flexibility index (Phi) is 7.55. The van der Waals surface area contributed by atoms with Crippen LogP contribution in [0.4, 0.5) is 0 Å². The third-order valence-corrected chi connectivity index (χ3v) is 4.28. The van der Waals surface area contributed by atoms with Crippen molar-refractivity contribution in [1.82, 2.24) is 5.32 Å². The summed E-state index contributed by atoms with van der Waals surface area (Å²) in [4.78, 5) is 36.1. The van der Waals surface area contributed by atoms with E-state index in [1.165, 1.54) is 7.11 Å². The Morgan fingerprint density at radius 3 is 2.41 bits per heavy atom. The topological polar surface area (TPSA) is 81.7 Å². The van der Waals surface area contributed by atoms with Gasteiger partial charge in [-0.2, -0.15) is 0 Å². The number of rotatable bonds is 8. The molecule has 0 unspecified atom stereocenters. The number of Topliss-reactive ketones (excluding diaryl/α,β-unsaturated/α-hetero) is 1. The monoisotopic (exact) mass is 433 g/mol. The predicted octanol–water partition coefficient (Wildman–Crippen LogP) is 3.64. The minimum atomic E-state index is -0.512. The number of carbonyl (C=O) groups is 3. The summed E-state index contributed by atoms with van der Waals surface area (Å²) < 4.78 is 11.1. The quantitative estimate of drug-likeness (QED) is 0.390. The molecule has 1 N–H and O–H groups in total. The summed E-state index contributed by atoms with van der Waals surface area (Å²) in [6.45, 7) is 2.12. The summed E-state index contributed by atoms with van der Waals surface area (Å²) in [5, 5.41) is 2.72. The molecule has 0 saturated heterocycles. The van der Waals surface area contributed by atoms with E-state index in [1.54, 1.807) is 49.4 Å². The van der Waals surface area contributed by atoms with Gasteiger partial charge in [0.2, 0.25) is 0 Å². The molecule has 6 nitrogen and oxygen atoms in total. The minimum Gasteiger partial charge on any atom is -0.491 e. The van der Waals surface area contributed by atoms with Crippen LogP contribution in [0.1, 0.15) is 44.4 Å². The molecule has 27 heavy (non-hydrogen) atoms. The first-order valence-electron chi connectivity index (χ1n) is 8.39. The average Bonchev–Trinajstić information content (AvgIpc) is 2.70. The molecular formula is C20H20BrNO5. The van der Waals surface area contributed by atoms with Crippen molar-refractivity contribution >= 4 is 33.6 Å². The number of benzene rings is 2. The summed E-state index contributed by atoms with van der Waals surface area (Å²) in [6.07, 6.45) is 0.327. The van der Waals surface area contributed by atoms with E-state index in [0.717, 1.165) is 4.47 Å². The zero-order chi connectivity index (χ0) is 19.8. The van der Waals surface area contributed by atoms with Crippen LogP contribution in [0, 0.1) is 0 Å². The number of ketones is 1. The zero-order valence-electron chi connectivity index (χ0n) is 15.1. The van der Waals surface area contributed by atoms with Gasteiger partial charge in [0.25, 0.3) is 5.91 Å². The number of hydrogen-bond donors (Lipinski definition) is 1. The Hall–Kier alpha value is -2.67. The summed E-state index contributed by atoms with van der Waals surface area (Å²) in [5.41, 5.74) is 1.03. The number of methoxy groups -OCH3 is 1. The smallest absolute Gasteiger partial charge is 0.341 e. The number of esters is 1. The zero-order valence-corrected chi connectivity index (χ0v) is 16.7. The van der Waals surface area contributed by atoms with Crippen molar-refractivity contribution in [3.63, 3.8) is 0 Å². The fourth-order valence-electron chi connectivity index (χ4n) is 2.43. The van der Waals surface area contributed by atoms with Crippen LogP contribution < -0.4 is 10.1 Å². The van der Waals surface area contributed by atoms with E-state index < -0.39 is 5.97 Å². The van der Waals surface area contributed by atoms with Gasteiger partial charge in [0.05, 0.1) is 19.2 Å². The fourth-order valence-corrected chi connectivity index (χ4v) is 2.79. The van der Waals surface area contributed by atoms with Gasteiger partial charge in [-0.15, -0.1) is 0 Å². The predicted molar refractivity (Wildman–Crippen MR) is 104 cm³/mol. The highest BCUT2D eigenvalue weighted by Gasteiger charge is 2.16. The summed E-state index contributed by atoms with van der Waals surface area (Å²) in [6, 6.07) is 11.7. The lowest BCUT2D eigenvalue weighted by molar-refractivity contribution is 0.0595. The van der Waals surface area contributed by atoms with Gasteiger partial charge in [-0.1, -0.05) is 41.1 Å². The largest absolute Gasteiger partial charge is 0.491 e. The Bertz CT molecular complexity index is 850. The second-order valence-corrected chi connectivity index (χ2v) is 6.47. The first-order chi connectivity index (χ1) is 13.0. The normalized spacial score (nSPS) is 10.2. The Balaban J connectivity index is 1.98. The van der Waals surface area contributed by atoms with Gasteiger partial charge in [0, 0.05) is 16.5 Å². The Labute approximate surface area is 166 Å². The summed E-state index contributed by atoms with van der Waals surface area (Å²) in [7, 11) is 1.29. The molecule has 0 atom stereocenters. The van der Waals surface area contributed by atoms with Gasteiger partial charge in [-0.05, 0) is 24.3 Å². The van der Waals surface area contributed by atoms with E-state index >= 15 is 0 Å². The molecule has 0 aromatic heterocycles. The van der Waals surface area contributed by atoms with Crippen LogP contribution in [-0.4, -0.2) is 37.9 Å². The molecule has 0 aliphatic carbocycles. The van der Waals surface area contributed by atoms with Gasteiger partial charge in [0.1, 0.15) is 17.9 Å². The summed E-state index contributed by atoms with van der Waals surface area (Å²) in [5.74, 6) is -0.585. The lowest BCUT2D eigenvalue weighted by Gasteiger charge is -2.12. The fraction of sp³-hybridized carbons (Fsp3) is 0.250. The SMILES string of the molecule is CCC(=O)c1ccccc1C(=O)NCCOc1ccc(Br)cc1C(=O)OC. The number of nitrogens with one attached hydrogen (secondary N) is 1. The van der Waals surface area contributed by atoms with Gasteiger partial charge in [0.15, 0.2) is 5.78 Å². The molecule has 0 aliphatic heterocycles. The summed E-state index contributed by atoms with van der Waals surface area (Å²) >= 11 is 3.30. The third kappa shape index (κ3) is 5.40. The molecule has 0 fully saturated rings. The lowest BCUT2D eigenvalue weighted by Crippen LogP contribution is -2.29. The highest BCUT2D eigenvalue weighted by atomic mass is 79.9. The van der Waals surface area contributed by atoms with E-state index in [9.17, 15) is 14.4 Å². The highest BCUT2D eigenvalue weighted by Crippen LogP contribution is 2.24. The molecule has 0 radical (unpaired) electrons. The van der Waals surface area contributed by atoms with E-state index in [0.29, 0.717) is 23.3 Å². The molecule has 0 heterocycles. The first kappa shape index (κ1) is 20.6. The average molecular weight is 434 g/mol. The molecule has 0 saturated carbocycles. The van der Waals surface area contributed by atoms with Crippen LogP contribution in [0.5, 0.6) is 5.75 Å². The van der Waals surface area contributed by atoms with Crippen molar-refractivity contribution in [1.29, 1.82) is 0 Å². The van der Waals surface area contributed by atoms with Crippen molar-refractivity contribution in [3.05, 3.63) is 63.6 Å². The Morgan fingerprint density at radius 1 is 1.04 bits per heavy atom. The molecule has 1 amide bonds. The maximum absolute atomic E-state index is 12.4. The second kappa shape index (κ2) is 9.87. The molecule has 0 aliphatic rings. The van der Waals surface area contributed by atoms with E-state index in [-0.39, 0.29) is 30.4 Å². The van der Waals surface area contributed by atoms with Crippen LogP contribution in [0.25, 0.3) is 0 Å². The molecule has 0 spiro atoms. The molecule has 2 aromatic carbocycles. The number of halogens is 1. The van der Waals surface area contributed by atoms with Crippen LogP contribution in [0.2, 0.25) is 0 Å². The van der Waals surface area contributed by atoms with Crippen molar-refractivity contribution in [2.45, 2.75) is 13.3 Å². The number of hydrogen-bond acceptors (Lipinski definition) is 5. The van der Waals surface area contributed by atoms with Crippen molar-refractivity contribution < 1.29 is 23.9 Å². The van der Waals surface area contributed by atoms with Gasteiger partial charge in [-0.25, -0.2) is 4.79 Å². The third-order valence-electron chi connectivity index (χ3n) is 3.79. The van der Waals surface area contributed by atoms with Crippen LogP contribution >= 0.6 is 15.9 Å². The van der Waals surface area contributed by atoms with Gasteiger partial charge < -0.3 is 14.8 Å². The molecular weight excluding hydrogens is 414 g/mol. The molecule has 7 heteroatoms. The molecule has 142 valence electrons. The molecule has 2 aromatic rings. The second-order valence-electron chi connectivity index (χ2n) is 5.56. The van der Waals surface area contributed by atoms with Crippen molar-refractivity contribution in [2.75, 3.05) is 20.3 Å². The number of ether oxygens (including phenoxy) is 2. The highest BCUT2D eigenvalue weighted by molar-refractivity contribution is 9.10. The lowest BCUT2D eigenvalue weighted by atomic mass is 10.0. The van der Waals surface area contributed by atoms with Crippen LogP contribution in [-0.2, 0) is 4.74 Å². The van der Waals surface area contributed by atoms with Crippen molar-refractivity contribution in [3.8, 4) is 5.75 Å². The minimum absolute atomic E-state index is 0.0883. The first-order valence-corrected chi connectivity index (χ1v) is 9.18. The van der Waals surface area contributed by atoms with E-state index in [4.69, 9.17) is 9.47 Å². The number of amides is 1. The number of carbonyl (C=O) groups excluding carboxylic acids is 3. The maximum atomic E-state index is 12.4. The standard InChI is InChI=1S/C20H20BrNO5/c1-3-17(23)14-6-4-5-7-15(14)19(24)22-10-11-27-18-9-8-13(21)12-16(18)20(25)26-2/h4-9,12H,3,10-11H2,1-2H3,(H,22,24).